The maximum Gasteiger partial charge on any atom is 0.249 e. The van der Waals surface area contributed by atoms with Gasteiger partial charge in [0.15, 0.2) is 6.29 Å². The molecular formula is C63H117NO10. The minimum atomic E-state index is -1.67. The van der Waals surface area contributed by atoms with Crippen LogP contribution in [0.5, 0.6) is 0 Å². The largest absolute Gasteiger partial charge is 0.394 e. The van der Waals surface area contributed by atoms with E-state index in [-0.39, 0.29) is 12.8 Å². The van der Waals surface area contributed by atoms with E-state index in [1.165, 1.54) is 186 Å². The highest BCUT2D eigenvalue weighted by Gasteiger charge is 2.44. The molecule has 0 aromatic carbocycles. The van der Waals surface area contributed by atoms with E-state index in [2.05, 4.69) is 67.8 Å². The fourth-order valence-corrected chi connectivity index (χ4v) is 9.76. The Morgan fingerprint density at radius 2 is 0.811 bits per heavy atom. The molecule has 9 unspecified atom stereocenters. The van der Waals surface area contributed by atoms with Crippen molar-refractivity contribution in [2.75, 3.05) is 13.2 Å². The molecule has 0 aliphatic carbocycles. The monoisotopic (exact) mass is 1050 g/mol. The molecule has 1 rings (SSSR count). The summed E-state index contributed by atoms with van der Waals surface area (Å²) in [6.07, 6.45) is 54.6. The van der Waals surface area contributed by atoms with E-state index in [1.54, 1.807) is 0 Å². The Morgan fingerprint density at radius 1 is 0.459 bits per heavy atom. The van der Waals surface area contributed by atoms with Crippen LogP contribution in [0.15, 0.2) is 48.6 Å². The lowest BCUT2D eigenvalue weighted by atomic mass is 9.98. The number of aliphatic hydroxyl groups is 7. The second kappa shape index (κ2) is 51.8. The van der Waals surface area contributed by atoms with E-state index in [4.69, 9.17) is 9.47 Å². The lowest BCUT2D eigenvalue weighted by molar-refractivity contribution is -0.303. The number of ether oxygens (including phenoxy) is 2. The van der Waals surface area contributed by atoms with Crippen molar-refractivity contribution in [2.24, 2.45) is 0 Å². The molecule has 8 N–H and O–H groups in total. The van der Waals surface area contributed by atoms with Crippen LogP contribution >= 0.6 is 0 Å². The van der Waals surface area contributed by atoms with Crippen molar-refractivity contribution in [3.8, 4) is 0 Å². The van der Waals surface area contributed by atoms with Crippen LogP contribution < -0.4 is 5.32 Å². The number of carbonyl (C=O) groups excluding carboxylic acids is 1. The van der Waals surface area contributed by atoms with Crippen molar-refractivity contribution >= 4 is 5.91 Å². The molecule has 9 atom stereocenters. The van der Waals surface area contributed by atoms with Crippen molar-refractivity contribution in [3.63, 3.8) is 0 Å². The number of hydrogen-bond acceptors (Lipinski definition) is 10. The standard InChI is InChI=1S/C63H117NO10/c1-3-5-7-9-11-13-15-17-19-21-23-24-25-26-27-28-29-30-31-33-35-37-39-41-43-45-47-49-51-56(67)62(72)64-54(53-73-63-61(71)60(70)59(69)57(52-65)74-63)58(68)55(66)50-48-46-44-42-40-38-36-34-32-22-20-18-16-14-12-10-8-6-4-2/h18,20,26-27,34,36,42,44,54-61,63,65-71H,3-17,19,21-25,28-33,35,37-41,43,45-53H2,1-2H3,(H,64,72)/b20-18+,27-26-,36-34+,44-42+. The van der Waals surface area contributed by atoms with Crippen molar-refractivity contribution in [2.45, 2.75) is 332 Å². The summed E-state index contributed by atoms with van der Waals surface area (Å²) in [5, 5.41) is 76.2. The Balaban J connectivity index is 2.28. The first kappa shape index (κ1) is 70.1. The molecule has 1 heterocycles. The zero-order valence-electron chi connectivity index (χ0n) is 47.6. The number of amides is 1. The summed E-state index contributed by atoms with van der Waals surface area (Å²) < 4.78 is 11.1. The maximum atomic E-state index is 13.2. The summed E-state index contributed by atoms with van der Waals surface area (Å²) in [5.74, 6) is -0.711. The van der Waals surface area contributed by atoms with Crippen LogP contribution in [0, 0.1) is 0 Å². The second-order valence-electron chi connectivity index (χ2n) is 21.7. The van der Waals surface area contributed by atoms with Gasteiger partial charge >= 0.3 is 0 Å². The quantitative estimate of drug-likeness (QED) is 0.0215. The molecule has 1 fully saturated rings. The summed E-state index contributed by atoms with van der Waals surface area (Å²) in [7, 11) is 0. The van der Waals surface area contributed by atoms with Crippen molar-refractivity contribution < 1.29 is 50.0 Å². The molecule has 0 bridgehead atoms. The highest BCUT2D eigenvalue weighted by atomic mass is 16.7. The third-order valence-electron chi connectivity index (χ3n) is 14.8. The van der Waals surface area contributed by atoms with Gasteiger partial charge in [0.1, 0.15) is 36.6 Å². The van der Waals surface area contributed by atoms with Gasteiger partial charge in [0.25, 0.3) is 0 Å². The second-order valence-corrected chi connectivity index (χ2v) is 21.7. The molecule has 1 aliphatic heterocycles. The number of nitrogens with one attached hydrogen (secondary N) is 1. The van der Waals surface area contributed by atoms with Gasteiger partial charge in [0, 0.05) is 0 Å². The Kier molecular flexibility index (Phi) is 49.1. The maximum absolute atomic E-state index is 13.2. The number of rotatable bonds is 53. The van der Waals surface area contributed by atoms with E-state index in [1.807, 2.05) is 0 Å². The smallest absolute Gasteiger partial charge is 0.249 e. The normalized spacial score (nSPS) is 20.1. The van der Waals surface area contributed by atoms with Gasteiger partial charge in [-0.25, -0.2) is 0 Å². The van der Waals surface area contributed by atoms with Crippen LogP contribution in [-0.4, -0.2) is 110 Å². The Hall–Kier alpha value is -1.93. The average Bonchev–Trinajstić information content (AvgIpc) is 3.40. The van der Waals surface area contributed by atoms with Gasteiger partial charge in [-0.2, -0.15) is 0 Å². The number of allylic oxidation sites excluding steroid dienone is 8. The molecule has 1 saturated heterocycles. The molecule has 0 aromatic heterocycles. The first-order valence-electron chi connectivity index (χ1n) is 31.0. The minimum absolute atomic E-state index is 0.240. The summed E-state index contributed by atoms with van der Waals surface area (Å²) in [6, 6.07) is -1.20. The van der Waals surface area contributed by atoms with Crippen LogP contribution in [-0.2, 0) is 14.3 Å². The summed E-state index contributed by atoms with van der Waals surface area (Å²) in [5.41, 5.74) is 0. The van der Waals surface area contributed by atoms with Crippen LogP contribution in [0.25, 0.3) is 0 Å². The topological polar surface area (TPSA) is 189 Å². The summed E-state index contributed by atoms with van der Waals surface area (Å²) in [4.78, 5) is 13.2. The predicted molar refractivity (Wildman–Crippen MR) is 307 cm³/mol. The molecule has 0 saturated carbocycles. The summed E-state index contributed by atoms with van der Waals surface area (Å²) >= 11 is 0. The van der Waals surface area contributed by atoms with Gasteiger partial charge < -0.3 is 50.5 Å². The van der Waals surface area contributed by atoms with Crippen LogP contribution in [0.1, 0.15) is 277 Å². The highest BCUT2D eigenvalue weighted by Crippen LogP contribution is 2.23. The molecule has 0 aromatic rings. The van der Waals surface area contributed by atoms with Crippen LogP contribution in [0.3, 0.4) is 0 Å². The van der Waals surface area contributed by atoms with Crippen molar-refractivity contribution in [1.82, 2.24) is 5.32 Å². The van der Waals surface area contributed by atoms with Gasteiger partial charge in [-0.1, -0.05) is 236 Å². The van der Waals surface area contributed by atoms with Crippen LogP contribution in [0.2, 0.25) is 0 Å². The SMILES string of the molecule is CCCCCCCC/C=C/CC/C=C/CC/C=C/CCCC(O)C(O)C(COC1OC(CO)C(O)C(O)C1O)NC(=O)C(O)CCCCCCCCCCCCCC/C=C\CCCCCCCCCCCCCC. The first-order chi connectivity index (χ1) is 36.2. The first-order valence-corrected chi connectivity index (χ1v) is 31.0. The van der Waals surface area contributed by atoms with Crippen LogP contribution in [0.4, 0.5) is 0 Å². The van der Waals surface area contributed by atoms with Gasteiger partial charge in [0.2, 0.25) is 5.91 Å². The summed E-state index contributed by atoms with van der Waals surface area (Å²) in [6.45, 7) is 3.45. The van der Waals surface area contributed by atoms with E-state index in [0.29, 0.717) is 19.3 Å². The lowest BCUT2D eigenvalue weighted by Gasteiger charge is -2.40. The van der Waals surface area contributed by atoms with Crippen molar-refractivity contribution in [1.29, 1.82) is 0 Å². The minimum Gasteiger partial charge on any atom is -0.394 e. The van der Waals surface area contributed by atoms with Gasteiger partial charge in [0.05, 0.1) is 25.4 Å². The van der Waals surface area contributed by atoms with Crippen molar-refractivity contribution in [3.05, 3.63) is 48.6 Å². The molecular weight excluding hydrogens is 931 g/mol. The van der Waals surface area contributed by atoms with E-state index >= 15 is 0 Å². The molecule has 11 heteroatoms. The highest BCUT2D eigenvalue weighted by molar-refractivity contribution is 5.80. The molecule has 11 nitrogen and oxygen atoms in total. The zero-order chi connectivity index (χ0) is 54.0. The predicted octanol–water partition coefficient (Wildman–Crippen LogP) is 13.6. The van der Waals surface area contributed by atoms with E-state index in [0.717, 1.165) is 44.9 Å². The Morgan fingerprint density at radius 3 is 1.20 bits per heavy atom. The van der Waals surface area contributed by atoms with E-state index < -0.39 is 74.2 Å². The number of hydrogen-bond donors (Lipinski definition) is 8. The van der Waals surface area contributed by atoms with E-state index in [9.17, 15) is 40.5 Å². The third-order valence-corrected chi connectivity index (χ3v) is 14.8. The van der Waals surface area contributed by atoms with Gasteiger partial charge in [-0.05, 0) is 89.9 Å². The molecule has 1 amide bonds. The number of unbranched alkanes of at least 4 members (excludes halogenated alkanes) is 33. The fourth-order valence-electron chi connectivity index (χ4n) is 9.76. The number of carbonyl (C=O) groups is 1. The Bertz CT molecular complexity index is 1340. The molecule has 0 radical (unpaired) electrons. The molecule has 434 valence electrons. The fraction of sp³-hybridized carbons (Fsp3) is 0.857. The van der Waals surface area contributed by atoms with Gasteiger partial charge in [-0.15, -0.1) is 0 Å². The zero-order valence-corrected chi connectivity index (χ0v) is 47.6. The molecule has 0 spiro atoms. The molecule has 74 heavy (non-hydrogen) atoms. The lowest BCUT2D eigenvalue weighted by Crippen LogP contribution is -2.60. The average molecular weight is 1050 g/mol. The Labute approximate surface area is 453 Å². The molecule has 1 aliphatic rings. The third kappa shape index (κ3) is 39.4. The number of aliphatic hydroxyl groups excluding tert-OH is 7. The van der Waals surface area contributed by atoms with Gasteiger partial charge in [-0.3, -0.25) is 4.79 Å².